The van der Waals surface area contributed by atoms with Gasteiger partial charge in [-0.3, -0.25) is 19.2 Å². The first-order valence-corrected chi connectivity index (χ1v) is 10.9. The van der Waals surface area contributed by atoms with Gasteiger partial charge >= 0.3 is 23.9 Å². The molecule has 0 N–H and O–H groups in total. The zero-order valence-electron chi connectivity index (χ0n) is 20.0. The van der Waals surface area contributed by atoms with Crippen molar-refractivity contribution in [2.45, 2.75) is 65.3 Å². The second-order valence-corrected chi connectivity index (χ2v) is 7.88. The van der Waals surface area contributed by atoms with Crippen molar-refractivity contribution in [1.82, 2.24) is 14.8 Å². The van der Waals surface area contributed by atoms with Crippen LogP contribution in [0.15, 0.2) is 30.3 Å². The molecule has 0 bridgehead atoms. The number of aryl methyl sites for hydroxylation is 1. The summed E-state index contributed by atoms with van der Waals surface area (Å²) >= 11 is 0. The van der Waals surface area contributed by atoms with E-state index in [9.17, 15) is 19.2 Å². The topological polar surface area (TPSA) is 145 Å². The van der Waals surface area contributed by atoms with E-state index >= 15 is 0 Å². The number of rotatable bonds is 8. The second-order valence-electron chi connectivity index (χ2n) is 7.88. The molecule has 0 aliphatic carbocycles. The number of esters is 4. The van der Waals surface area contributed by atoms with E-state index in [0.717, 1.165) is 5.56 Å². The molecule has 1 aromatic carbocycles. The molecule has 5 atom stereocenters. The fraction of sp³-hybridized carbons (Fsp3) is 0.478. The molecule has 1 aromatic heterocycles. The highest BCUT2D eigenvalue weighted by Gasteiger charge is 2.54. The lowest BCUT2D eigenvalue weighted by Crippen LogP contribution is -2.46. The molecule has 0 spiro atoms. The summed E-state index contributed by atoms with van der Waals surface area (Å²) in [7, 11) is 0. The lowest BCUT2D eigenvalue weighted by Gasteiger charge is -2.27. The average Bonchev–Trinajstić information content (AvgIpc) is 3.31. The number of aromatic nitrogens is 3. The fourth-order valence-corrected chi connectivity index (χ4v) is 3.76. The summed E-state index contributed by atoms with van der Waals surface area (Å²) in [6.45, 7) is 6.05. The van der Waals surface area contributed by atoms with Crippen molar-refractivity contribution >= 4 is 23.9 Å². The number of hydrogen-bond donors (Lipinski definition) is 0. The van der Waals surface area contributed by atoms with Gasteiger partial charge in [-0.2, -0.15) is 0 Å². The van der Waals surface area contributed by atoms with Gasteiger partial charge in [0.05, 0.1) is 0 Å². The quantitative estimate of drug-likeness (QED) is 0.393. The van der Waals surface area contributed by atoms with Gasteiger partial charge in [0.25, 0.3) is 0 Å². The van der Waals surface area contributed by atoms with Crippen LogP contribution in [0.4, 0.5) is 0 Å². The molecule has 0 unspecified atom stereocenters. The summed E-state index contributed by atoms with van der Waals surface area (Å²) in [5.41, 5.74) is 0.747. The van der Waals surface area contributed by atoms with E-state index < -0.39 is 54.5 Å². The van der Waals surface area contributed by atoms with Gasteiger partial charge in [0, 0.05) is 33.3 Å². The normalized spacial score (nSPS) is 22.2. The maximum absolute atomic E-state index is 12.0. The highest BCUT2D eigenvalue weighted by atomic mass is 16.7. The van der Waals surface area contributed by atoms with E-state index in [-0.39, 0.29) is 6.61 Å². The van der Waals surface area contributed by atoms with Crippen LogP contribution in [-0.2, 0) is 42.9 Å². The molecule has 0 saturated carbocycles. The molecule has 1 aliphatic rings. The minimum atomic E-state index is -1.20. The Morgan fingerprint density at radius 1 is 0.943 bits per heavy atom. The van der Waals surface area contributed by atoms with Crippen molar-refractivity contribution in [1.29, 1.82) is 0 Å². The van der Waals surface area contributed by atoms with E-state index in [1.54, 1.807) is 6.92 Å². The van der Waals surface area contributed by atoms with Crippen LogP contribution in [0.25, 0.3) is 11.4 Å². The molecule has 3 rings (SSSR count). The number of carbonyl (C=O) groups excluding carboxylic acids is 4. The van der Waals surface area contributed by atoms with Crippen LogP contribution in [0.1, 0.15) is 39.7 Å². The zero-order valence-corrected chi connectivity index (χ0v) is 20.0. The van der Waals surface area contributed by atoms with Gasteiger partial charge in [-0.1, -0.05) is 30.3 Å². The number of ether oxygens (including phenoxy) is 5. The van der Waals surface area contributed by atoms with Gasteiger partial charge in [0.15, 0.2) is 30.4 Å². The molecular weight excluding hydrogens is 462 g/mol. The molecule has 35 heavy (non-hydrogen) atoms. The highest BCUT2D eigenvalue weighted by Crippen LogP contribution is 2.37. The van der Waals surface area contributed by atoms with Crippen LogP contribution in [0, 0.1) is 6.92 Å². The molecule has 0 radical (unpaired) electrons. The summed E-state index contributed by atoms with van der Waals surface area (Å²) in [4.78, 5) is 51.6. The molecule has 2 heterocycles. The Bertz CT molecular complexity index is 1090. The predicted octanol–water partition coefficient (Wildman–Crippen LogP) is 1.51. The first kappa shape index (κ1) is 25.8. The third kappa shape index (κ3) is 6.41. The summed E-state index contributed by atoms with van der Waals surface area (Å²) in [6, 6.07) is 9.20. The number of benzene rings is 1. The molecule has 1 fully saturated rings. The molecule has 0 amide bonds. The summed E-state index contributed by atoms with van der Waals surface area (Å²) < 4.78 is 28.8. The Balaban J connectivity index is 2.04. The molecule has 1 aliphatic heterocycles. The largest absolute Gasteiger partial charge is 0.462 e. The number of carbonyl (C=O) groups is 4. The van der Waals surface area contributed by atoms with Gasteiger partial charge in [-0.15, -0.1) is 5.10 Å². The summed E-state index contributed by atoms with van der Waals surface area (Å²) in [6.07, 6.45) is -5.78. The first-order chi connectivity index (χ1) is 16.6. The maximum atomic E-state index is 12.0. The van der Waals surface area contributed by atoms with Crippen LogP contribution in [0.3, 0.4) is 0 Å². The van der Waals surface area contributed by atoms with Crippen LogP contribution in [0.5, 0.6) is 0 Å². The van der Waals surface area contributed by atoms with Gasteiger partial charge in [0.1, 0.15) is 18.5 Å². The minimum Gasteiger partial charge on any atom is -0.462 e. The monoisotopic (exact) mass is 489 g/mol. The Kier molecular flexibility index (Phi) is 8.18. The maximum Gasteiger partial charge on any atom is 0.303 e. The third-order valence-electron chi connectivity index (χ3n) is 5.04. The molecule has 2 aromatic rings. The van der Waals surface area contributed by atoms with E-state index in [4.69, 9.17) is 23.7 Å². The van der Waals surface area contributed by atoms with Crippen molar-refractivity contribution in [3.63, 3.8) is 0 Å². The SMILES string of the molecule is CC(=O)OC[C@@H](OC(C)=O)[C@@H]1O[C@H](n2nc(-c3ccccc3)nc2C)[C@H](OC(C)=O)[C@H]1OC(C)=O. The Morgan fingerprint density at radius 3 is 2.14 bits per heavy atom. The average molecular weight is 489 g/mol. The van der Waals surface area contributed by atoms with Gasteiger partial charge < -0.3 is 23.7 Å². The Hall–Kier alpha value is -3.80. The van der Waals surface area contributed by atoms with Crippen molar-refractivity contribution in [2.75, 3.05) is 6.61 Å². The number of hydrogen-bond acceptors (Lipinski definition) is 11. The second kappa shape index (κ2) is 11.1. The molecule has 12 heteroatoms. The standard InChI is InChI=1S/C23H27N3O9/c1-12-24-22(17-9-7-6-8-10-17)25-26(12)23-21(34-16(5)30)20(33-15(4)29)19(35-23)18(32-14(3)28)11-31-13(2)27/h6-10,18-21,23H,11H2,1-5H3/t18-,19+,20+,21-,23+/m1/s1. The van der Waals surface area contributed by atoms with Gasteiger partial charge in [0.2, 0.25) is 0 Å². The lowest BCUT2D eigenvalue weighted by atomic mass is 10.0. The van der Waals surface area contributed by atoms with Gasteiger partial charge in [-0.25, -0.2) is 9.67 Å². The highest BCUT2D eigenvalue weighted by molar-refractivity contribution is 5.68. The molecule has 12 nitrogen and oxygen atoms in total. The fourth-order valence-electron chi connectivity index (χ4n) is 3.76. The van der Waals surface area contributed by atoms with Crippen molar-refractivity contribution in [3.8, 4) is 11.4 Å². The van der Waals surface area contributed by atoms with E-state index in [1.165, 1.54) is 32.4 Å². The van der Waals surface area contributed by atoms with E-state index in [0.29, 0.717) is 11.6 Å². The predicted molar refractivity (Wildman–Crippen MR) is 117 cm³/mol. The lowest BCUT2D eigenvalue weighted by molar-refractivity contribution is -0.177. The van der Waals surface area contributed by atoms with Gasteiger partial charge in [-0.05, 0) is 6.92 Å². The van der Waals surface area contributed by atoms with Crippen molar-refractivity contribution < 1.29 is 42.9 Å². The van der Waals surface area contributed by atoms with Crippen LogP contribution >= 0.6 is 0 Å². The van der Waals surface area contributed by atoms with Crippen molar-refractivity contribution in [2.24, 2.45) is 0 Å². The van der Waals surface area contributed by atoms with Crippen LogP contribution in [-0.4, -0.2) is 69.7 Å². The molecular formula is C23H27N3O9. The van der Waals surface area contributed by atoms with Crippen molar-refractivity contribution in [3.05, 3.63) is 36.2 Å². The smallest absolute Gasteiger partial charge is 0.303 e. The first-order valence-electron chi connectivity index (χ1n) is 10.9. The molecule has 1 saturated heterocycles. The van der Waals surface area contributed by atoms with E-state index in [2.05, 4.69) is 10.1 Å². The number of nitrogens with zero attached hydrogens (tertiary/aromatic N) is 3. The molecule has 188 valence electrons. The zero-order chi connectivity index (χ0) is 25.7. The summed E-state index contributed by atoms with van der Waals surface area (Å²) in [5, 5.41) is 4.52. The van der Waals surface area contributed by atoms with Crippen LogP contribution < -0.4 is 0 Å². The summed E-state index contributed by atoms with van der Waals surface area (Å²) in [5.74, 6) is -1.81. The Morgan fingerprint density at radius 2 is 1.57 bits per heavy atom. The Labute approximate surface area is 201 Å². The van der Waals surface area contributed by atoms with Crippen LogP contribution in [0.2, 0.25) is 0 Å². The van der Waals surface area contributed by atoms with E-state index in [1.807, 2.05) is 30.3 Å². The third-order valence-corrected chi connectivity index (χ3v) is 5.04. The minimum absolute atomic E-state index is 0.373.